The lowest BCUT2D eigenvalue weighted by molar-refractivity contribution is 0.157. The highest BCUT2D eigenvalue weighted by Crippen LogP contribution is 2.29. The minimum atomic E-state index is -3.36. The highest BCUT2D eigenvalue weighted by Gasteiger charge is 2.28. The molecule has 0 aliphatic heterocycles. The van der Waals surface area contributed by atoms with E-state index in [1.54, 1.807) is 17.5 Å². The van der Waals surface area contributed by atoms with Crippen molar-refractivity contribution in [1.82, 2.24) is 5.32 Å². The maximum absolute atomic E-state index is 12.1. The van der Waals surface area contributed by atoms with Gasteiger partial charge < -0.3 is 10.4 Å². The second kappa shape index (κ2) is 7.22. The Balaban J connectivity index is 1.84. The molecule has 21 heavy (non-hydrogen) atoms. The first-order valence-corrected chi connectivity index (χ1v) is 10.1. The Bertz CT molecular complexity index is 527. The second-order valence-electron chi connectivity index (χ2n) is 6.15. The minimum Gasteiger partial charge on any atom is -0.391 e. The molecule has 0 radical (unpaired) electrons. The number of hydrogen-bond donors (Lipinski definition) is 2. The smallest absolute Gasteiger partial charge is 0.190 e. The highest BCUT2D eigenvalue weighted by molar-refractivity contribution is 7.93. The molecule has 0 amide bonds. The summed E-state index contributed by atoms with van der Waals surface area (Å²) in [4.78, 5) is 0. The number of sulfone groups is 1. The number of aliphatic hydroxyl groups is 1. The Hall–Kier alpha value is -0.430. The van der Waals surface area contributed by atoms with Gasteiger partial charge in [-0.3, -0.25) is 0 Å². The van der Waals surface area contributed by atoms with Crippen molar-refractivity contribution >= 4 is 21.2 Å². The van der Waals surface area contributed by atoms with E-state index in [1.165, 1.54) is 24.2 Å². The Kier molecular flexibility index (Phi) is 5.82. The molecule has 4 nitrogen and oxygen atoms in total. The van der Waals surface area contributed by atoms with Crippen LogP contribution in [0.15, 0.2) is 21.7 Å². The number of rotatable bonds is 6. The van der Waals surface area contributed by atoms with E-state index >= 15 is 0 Å². The zero-order chi connectivity index (χ0) is 15.5. The summed E-state index contributed by atoms with van der Waals surface area (Å²) in [5.74, 6) is 1.04. The quantitative estimate of drug-likeness (QED) is 0.839. The van der Waals surface area contributed by atoms with E-state index in [9.17, 15) is 13.5 Å². The van der Waals surface area contributed by atoms with E-state index in [-0.39, 0.29) is 5.75 Å². The van der Waals surface area contributed by atoms with Crippen LogP contribution in [0.5, 0.6) is 0 Å². The second-order valence-corrected chi connectivity index (χ2v) is 9.36. The first-order chi connectivity index (χ1) is 9.90. The molecule has 120 valence electrons. The molecule has 1 aromatic rings. The molecule has 6 heteroatoms. The van der Waals surface area contributed by atoms with Gasteiger partial charge in [-0.05, 0) is 29.7 Å². The predicted octanol–water partition coefficient (Wildman–Crippen LogP) is 2.30. The topological polar surface area (TPSA) is 66.4 Å². The third-order valence-electron chi connectivity index (χ3n) is 4.54. The van der Waals surface area contributed by atoms with E-state index in [1.807, 2.05) is 0 Å². The summed E-state index contributed by atoms with van der Waals surface area (Å²) < 4.78 is 24.5. The number of hydrogen-bond acceptors (Lipinski definition) is 5. The summed E-state index contributed by atoms with van der Waals surface area (Å²) in [5, 5.41) is 15.1. The van der Waals surface area contributed by atoms with Crippen molar-refractivity contribution in [1.29, 1.82) is 0 Å². The van der Waals surface area contributed by atoms with Crippen LogP contribution < -0.4 is 5.32 Å². The van der Waals surface area contributed by atoms with E-state index in [4.69, 9.17) is 0 Å². The van der Waals surface area contributed by atoms with Gasteiger partial charge in [-0.2, -0.15) is 0 Å². The molecule has 1 fully saturated rings. The zero-order valence-corrected chi connectivity index (χ0v) is 14.3. The van der Waals surface area contributed by atoms with Gasteiger partial charge in [-0.25, -0.2) is 8.42 Å². The molecular formula is C15H25NO3S2. The van der Waals surface area contributed by atoms with Crippen LogP contribution in [0, 0.1) is 11.8 Å². The summed E-state index contributed by atoms with van der Waals surface area (Å²) in [6.07, 6.45) is 2.71. The van der Waals surface area contributed by atoms with Crippen LogP contribution in [0.4, 0.5) is 0 Å². The fraction of sp³-hybridized carbons (Fsp3) is 0.733. The Morgan fingerprint density at radius 1 is 1.43 bits per heavy atom. The summed E-state index contributed by atoms with van der Waals surface area (Å²) in [6.45, 7) is 4.83. The molecule has 0 unspecified atom stereocenters. The molecule has 1 saturated carbocycles. The van der Waals surface area contributed by atoms with E-state index in [2.05, 4.69) is 19.2 Å². The number of nitrogens with one attached hydrogen (secondary N) is 1. The third kappa shape index (κ3) is 4.52. The average Bonchev–Trinajstić information content (AvgIpc) is 2.95. The van der Waals surface area contributed by atoms with Crippen molar-refractivity contribution < 1.29 is 13.5 Å². The van der Waals surface area contributed by atoms with E-state index < -0.39 is 15.9 Å². The Labute approximate surface area is 131 Å². The summed E-state index contributed by atoms with van der Waals surface area (Å²) >= 11 is 1.20. The average molecular weight is 332 g/mol. The van der Waals surface area contributed by atoms with Crippen molar-refractivity contribution in [3.8, 4) is 0 Å². The number of aliphatic hydroxyl groups excluding tert-OH is 1. The van der Waals surface area contributed by atoms with Gasteiger partial charge in [0, 0.05) is 12.6 Å². The maximum Gasteiger partial charge on any atom is 0.190 e. The van der Waals surface area contributed by atoms with Gasteiger partial charge in [0.1, 0.15) is 4.21 Å². The molecule has 1 heterocycles. The standard InChI is InChI=1S/C15H25NO3S2/c1-11-5-3-6-14(12(11)2)16-9-13(17)10-21(18,19)15-7-4-8-20-15/h4,7-8,11-14,16-17H,3,5-6,9-10H2,1-2H3/t11-,12-,13+,14+/m1/s1. The lowest BCUT2D eigenvalue weighted by Gasteiger charge is -2.35. The summed E-state index contributed by atoms with van der Waals surface area (Å²) in [6, 6.07) is 3.69. The normalized spacial score (nSPS) is 28.4. The van der Waals surface area contributed by atoms with Gasteiger partial charge in [0.05, 0.1) is 11.9 Å². The Morgan fingerprint density at radius 3 is 2.86 bits per heavy atom. The molecular weight excluding hydrogens is 306 g/mol. The van der Waals surface area contributed by atoms with Gasteiger partial charge >= 0.3 is 0 Å². The summed E-state index contributed by atoms with van der Waals surface area (Å²) in [7, 11) is -3.36. The maximum atomic E-state index is 12.1. The van der Waals surface area contributed by atoms with Crippen LogP contribution in [0.25, 0.3) is 0 Å². The van der Waals surface area contributed by atoms with Gasteiger partial charge in [-0.15, -0.1) is 11.3 Å². The first kappa shape index (κ1) is 16.9. The van der Waals surface area contributed by atoms with Crippen LogP contribution >= 0.6 is 11.3 Å². The van der Waals surface area contributed by atoms with E-state index in [0.717, 1.165) is 6.42 Å². The largest absolute Gasteiger partial charge is 0.391 e. The fourth-order valence-electron chi connectivity index (χ4n) is 2.99. The van der Waals surface area contributed by atoms with Crippen LogP contribution in [0.2, 0.25) is 0 Å². The molecule has 1 aromatic heterocycles. The van der Waals surface area contributed by atoms with Crippen molar-refractivity contribution in [3.05, 3.63) is 17.5 Å². The summed E-state index contributed by atoms with van der Waals surface area (Å²) in [5.41, 5.74) is 0. The minimum absolute atomic E-state index is 0.211. The monoisotopic (exact) mass is 331 g/mol. The Morgan fingerprint density at radius 2 is 2.19 bits per heavy atom. The fourth-order valence-corrected chi connectivity index (χ4v) is 5.47. The zero-order valence-electron chi connectivity index (χ0n) is 12.7. The van der Waals surface area contributed by atoms with E-state index in [0.29, 0.717) is 28.6 Å². The molecule has 0 aromatic carbocycles. The van der Waals surface area contributed by atoms with Crippen LogP contribution in [0.3, 0.4) is 0 Å². The van der Waals surface area contributed by atoms with Crippen LogP contribution in [0.1, 0.15) is 33.1 Å². The lowest BCUT2D eigenvalue weighted by Crippen LogP contribution is -2.44. The number of thiophene rings is 1. The predicted molar refractivity (Wildman–Crippen MR) is 86.3 cm³/mol. The molecule has 0 bridgehead atoms. The lowest BCUT2D eigenvalue weighted by atomic mass is 9.78. The van der Waals surface area contributed by atoms with Gasteiger partial charge in [0.15, 0.2) is 9.84 Å². The molecule has 4 atom stereocenters. The highest BCUT2D eigenvalue weighted by atomic mass is 32.2. The van der Waals surface area contributed by atoms with Crippen molar-refractivity contribution in [2.24, 2.45) is 11.8 Å². The van der Waals surface area contributed by atoms with Crippen molar-refractivity contribution in [2.75, 3.05) is 12.3 Å². The molecule has 0 spiro atoms. The SMILES string of the molecule is C[C@@H]1[C@H](C)CCC[C@@H]1NC[C@H](O)CS(=O)(=O)c1cccs1. The van der Waals surface area contributed by atoms with Crippen molar-refractivity contribution in [3.63, 3.8) is 0 Å². The van der Waals surface area contributed by atoms with Crippen LogP contribution in [-0.4, -0.2) is 38.0 Å². The molecule has 0 saturated heterocycles. The molecule has 2 N–H and O–H groups in total. The first-order valence-electron chi connectivity index (χ1n) is 7.58. The molecule has 1 aliphatic rings. The van der Waals surface area contributed by atoms with Crippen molar-refractivity contribution in [2.45, 2.75) is 49.5 Å². The van der Waals surface area contributed by atoms with Gasteiger partial charge in [-0.1, -0.05) is 32.8 Å². The van der Waals surface area contributed by atoms with Crippen LogP contribution in [-0.2, 0) is 9.84 Å². The van der Waals surface area contributed by atoms with Gasteiger partial charge in [0.2, 0.25) is 0 Å². The third-order valence-corrected chi connectivity index (χ3v) is 7.82. The molecule has 1 aliphatic carbocycles. The van der Waals surface area contributed by atoms with Gasteiger partial charge in [0.25, 0.3) is 0 Å². The molecule has 2 rings (SSSR count).